The number of nitrogens with one attached hydrogen (secondary N) is 1. The van der Waals surface area contributed by atoms with Gasteiger partial charge in [0.1, 0.15) is 6.04 Å². The van der Waals surface area contributed by atoms with Crippen molar-refractivity contribution in [2.24, 2.45) is 0 Å². The van der Waals surface area contributed by atoms with Gasteiger partial charge in [-0.2, -0.15) is 4.72 Å². The quantitative estimate of drug-likeness (QED) is 0.755. The molecule has 1 aliphatic rings. The summed E-state index contributed by atoms with van der Waals surface area (Å²) in [6.07, 6.45) is 4.10. The highest BCUT2D eigenvalue weighted by Gasteiger charge is 2.24. The number of hydrogen-bond donors (Lipinski definition) is 1. The number of nitrogens with zero attached hydrogens (tertiary/aromatic N) is 1. The number of rotatable bonds is 6. The van der Waals surface area contributed by atoms with Crippen molar-refractivity contribution in [2.45, 2.75) is 50.5 Å². The smallest absolute Gasteiger partial charge is 0.324 e. The van der Waals surface area contributed by atoms with Crippen LogP contribution in [-0.4, -0.2) is 50.9 Å². The molecule has 1 heterocycles. The Kier molecular flexibility index (Phi) is 7.16. The number of esters is 1. The molecule has 0 aliphatic carbocycles. The van der Waals surface area contributed by atoms with Crippen molar-refractivity contribution in [3.8, 4) is 0 Å². The predicted molar refractivity (Wildman–Crippen MR) is 97.0 cm³/mol. The lowest BCUT2D eigenvalue weighted by molar-refractivity contribution is -0.153. The minimum atomic E-state index is -3.83. The van der Waals surface area contributed by atoms with Gasteiger partial charge in [-0.25, -0.2) is 8.42 Å². The summed E-state index contributed by atoms with van der Waals surface area (Å²) in [5.74, 6) is -1.02. The molecule has 144 valence electrons. The van der Waals surface area contributed by atoms with Crippen LogP contribution in [0, 0.1) is 6.92 Å². The van der Waals surface area contributed by atoms with Crippen molar-refractivity contribution in [2.75, 3.05) is 19.7 Å². The van der Waals surface area contributed by atoms with Crippen LogP contribution in [0.3, 0.4) is 0 Å². The second-order valence-electron chi connectivity index (χ2n) is 6.56. The molecule has 8 heteroatoms. The van der Waals surface area contributed by atoms with E-state index in [1.165, 1.54) is 19.1 Å². The van der Waals surface area contributed by atoms with Crippen molar-refractivity contribution < 1.29 is 22.7 Å². The first-order chi connectivity index (χ1) is 12.3. The predicted octanol–water partition coefficient (Wildman–Crippen LogP) is 1.61. The summed E-state index contributed by atoms with van der Waals surface area (Å²) < 4.78 is 31.9. The van der Waals surface area contributed by atoms with Gasteiger partial charge in [-0.15, -0.1) is 0 Å². The highest BCUT2D eigenvalue weighted by molar-refractivity contribution is 7.89. The summed E-state index contributed by atoms with van der Waals surface area (Å²) in [6.45, 7) is 4.23. The van der Waals surface area contributed by atoms with Crippen LogP contribution in [0.5, 0.6) is 0 Å². The lowest BCUT2D eigenvalue weighted by atomic mass is 10.2. The fourth-order valence-electron chi connectivity index (χ4n) is 2.74. The minimum absolute atomic E-state index is 0.0726. The molecule has 0 unspecified atom stereocenters. The third-order valence-electron chi connectivity index (χ3n) is 4.31. The van der Waals surface area contributed by atoms with Crippen LogP contribution in [0.15, 0.2) is 29.2 Å². The number of hydrogen-bond acceptors (Lipinski definition) is 5. The van der Waals surface area contributed by atoms with E-state index in [9.17, 15) is 18.0 Å². The second kappa shape index (κ2) is 9.14. The molecule has 0 saturated carbocycles. The summed E-state index contributed by atoms with van der Waals surface area (Å²) in [5.41, 5.74) is 0.934. The molecular formula is C18H26N2O5S. The van der Waals surface area contributed by atoms with Crippen LogP contribution >= 0.6 is 0 Å². The fraction of sp³-hybridized carbons (Fsp3) is 0.556. The summed E-state index contributed by atoms with van der Waals surface area (Å²) in [6, 6.07) is 5.21. The lowest BCUT2D eigenvalue weighted by Gasteiger charge is -2.20. The Morgan fingerprint density at radius 2 is 1.69 bits per heavy atom. The van der Waals surface area contributed by atoms with E-state index in [1.807, 2.05) is 6.92 Å². The standard InChI is InChI=1S/C18H26N2O5S/c1-14-7-9-16(10-8-14)26(23,24)19-15(2)18(22)25-13-17(21)20-11-5-3-4-6-12-20/h7-10,15,19H,3-6,11-13H2,1-2H3/t15-/m0/s1. The van der Waals surface area contributed by atoms with Gasteiger partial charge in [0, 0.05) is 13.1 Å². The topological polar surface area (TPSA) is 92.8 Å². The lowest BCUT2D eigenvalue weighted by Crippen LogP contribution is -2.41. The molecule has 1 fully saturated rings. The SMILES string of the molecule is Cc1ccc(S(=O)(=O)N[C@@H](C)C(=O)OCC(=O)N2CCCCCC2)cc1. The van der Waals surface area contributed by atoms with E-state index in [0.717, 1.165) is 31.2 Å². The maximum absolute atomic E-state index is 12.3. The maximum Gasteiger partial charge on any atom is 0.324 e. The molecule has 1 atom stereocenters. The van der Waals surface area contributed by atoms with Crippen molar-refractivity contribution >= 4 is 21.9 Å². The van der Waals surface area contributed by atoms with Crippen molar-refractivity contribution in [1.29, 1.82) is 0 Å². The Morgan fingerprint density at radius 1 is 1.12 bits per heavy atom. The number of carbonyl (C=O) groups is 2. The molecule has 2 rings (SSSR count). The first-order valence-corrected chi connectivity index (χ1v) is 10.3. The number of likely N-dealkylation sites (tertiary alicyclic amines) is 1. The first-order valence-electron chi connectivity index (χ1n) is 8.83. The van der Waals surface area contributed by atoms with Gasteiger partial charge in [0.2, 0.25) is 10.0 Å². The summed E-state index contributed by atoms with van der Waals surface area (Å²) in [7, 11) is -3.83. The number of sulfonamides is 1. The van der Waals surface area contributed by atoms with Gasteiger partial charge in [-0.1, -0.05) is 30.5 Å². The molecule has 1 aromatic carbocycles. The number of benzene rings is 1. The van der Waals surface area contributed by atoms with Crippen molar-refractivity contribution in [3.63, 3.8) is 0 Å². The van der Waals surface area contributed by atoms with Gasteiger partial charge in [0.25, 0.3) is 5.91 Å². The Bertz CT molecular complexity index is 722. The molecule has 0 radical (unpaired) electrons. The number of carbonyl (C=O) groups excluding carboxylic acids is 2. The molecule has 26 heavy (non-hydrogen) atoms. The first kappa shape index (κ1) is 20.4. The molecule has 0 spiro atoms. The number of aryl methyl sites for hydroxylation is 1. The zero-order chi connectivity index (χ0) is 19.2. The van der Waals surface area contributed by atoms with E-state index in [0.29, 0.717) is 13.1 Å². The molecule has 1 N–H and O–H groups in total. The third kappa shape index (κ3) is 5.81. The van der Waals surface area contributed by atoms with Crippen LogP contribution < -0.4 is 4.72 Å². The average Bonchev–Trinajstić information content (AvgIpc) is 2.88. The molecule has 1 aliphatic heterocycles. The van der Waals surface area contributed by atoms with Gasteiger partial charge in [-0.3, -0.25) is 9.59 Å². The summed E-state index contributed by atoms with van der Waals surface area (Å²) in [5, 5.41) is 0. The van der Waals surface area contributed by atoms with Gasteiger partial charge < -0.3 is 9.64 Å². The van der Waals surface area contributed by atoms with Gasteiger partial charge in [0.05, 0.1) is 4.90 Å². The Morgan fingerprint density at radius 3 is 2.27 bits per heavy atom. The van der Waals surface area contributed by atoms with E-state index in [-0.39, 0.29) is 17.4 Å². The van der Waals surface area contributed by atoms with Crippen molar-refractivity contribution in [3.05, 3.63) is 29.8 Å². The summed E-state index contributed by atoms with van der Waals surface area (Å²) >= 11 is 0. The Hall–Kier alpha value is -1.93. The zero-order valence-corrected chi connectivity index (χ0v) is 16.0. The molecular weight excluding hydrogens is 356 g/mol. The van der Waals surface area contributed by atoms with Crippen LogP contribution in [0.2, 0.25) is 0 Å². The molecule has 1 aromatic rings. The van der Waals surface area contributed by atoms with Gasteiger partial charge in [0.15, 0.2) is 6.61 Å². The van der Waals surface area contributed by atoms with E-state index >= 15 is 0 Å². The monoisotopic (exact) mass is 382 g/mol. The van der Waals surface area contributed by atoms with Crippen LogP contribution in [-0.2, 0) is 24.3 Å². The molecule has 1 saturated heterocycles. The highest BCUT2D eigenvalue weighted by atomic mass is 32.2. The summed E-state index contributed by atoms with van der Waals surface area (Å²) in [4.78, 5) is 25.9. The normalized spacial score (nSPS) is 16.6. The number of amides is 1. The third-order valence-corrected chi connectivity index (χ3v) is 5.87. The van der Waals surface area contributed by atoms with Gasteiger partial charge in [-0.05, 0) is 38.8 Å². The van der Waals surface area contributed by atoms with Crippen LogP contribution in [0.25, 0.3) is 0 Å². The van der Waals surface area contributed by atoms with E-state index in [1.54, 1.807) is 17.0 Å². The number of ether oxygens (including phenoxy) is 1. The van der Waals surface area contributed by atoms with E-state index in [4.69, 9.17) is 4.74 Å². The van der Waals surface area contributed by atoms with E-state index in [2.05, 4.69) is 4.72 Å². The molecule has 0 bridgehead atoms. The average molecular weight is 382 g/mol. The molecule has 7 nitrogen and oxygen atoms in total. The van der Waals surface area contributed by atoms with Gasteiger partial charge >= 0.3 is 5.97 Å². The highest BCUT2D eigenvalue weighted by Crippen LogP contribution is 2.12. The molecule has 1 amide bonds. The minimum Gasteiger partial charge on any atom is -0.454 e. The van der Waals surface area contributed by atoms with Crippen LogP contribution in [0.4, 0.5) is 0 Å². The van der Waals surface area contributed by atoms with Crippen LogP contribution in [0.1, 0.15) is 38.2 Å². The maximum atomic E-state index is 12.3. The van der Waals surface area contributed by atoms with Crippen molar-refractivity contribution in [1.82, 2.24) is 9.62 Å². The largest absolute Gasteiger partial charge is 0.454 e. The second-order valence-corrected chi connectivity index (χ2v) is 8.27. The molecule has 0 aromatic heterocycles. The van der Waals surface area contributed by atoms with E-state index < -0.39 is 22.0 Å². The fourth-order valence-corrected chi connectivity index (χ4v) is 3.93. The zero-order valence-electron chi connectivity index (χ0n) is 15.2. The Labute approximate surface area is 154 Å². The Balaban J connectivity index is 1.86.